The Kier molecular flexibility index (Phi) is 5.37. The Bertz CT molecular complexity index is 502. The minimum absolute atomic E-state index is 0.526. The molecule has 0 saturated carbocycles. The normalized spacial score (nSPS) is 13.3. The average Bonchev–Trinajstić information content (AvgIpc) is 2.86. The van der Waals surface area contributed by atoms with Crippen molar-refractivity contribution in [1.82, 2.24) is 10.2 Å². The summed E-state index contributed by atoms with van der Waals surface area (Å²) < 4.78 is 1.38. The Balaban J connectivity index is 1.91. The van der Waals surface area contributed by atoms with Crippen molar-refractivity contribution in [3.05, 3.63) is 35.2 Å². The molecular formula is C16H24N2S. The van der Waals surface area contributed by atoms with Gasteiger partial charge in [0.25, 0.3) is 0 Å². The van der Waals surface area contributed by atoms with E-state index in [-0.39, 0.29) is 0 Å². The molecule has 0 aliphatic rings. The van der Waals surface area contributed by atoms with E-state index in [4.69, 9.17) is 0 Å². The number of hydrogen-bond acceptors (Lipinski definition) is 3. The zero-order valence-electron chi connectivity index (χ0n) is 12.1. The average molecular weight is 276 g/mol. The van der Waals surface area contributed by atoms with E-state index < -0.39 is 0 Å². The molecule has 0 fully saturated rings. The summed E-state index contributed by atoms with van der Waals surface area (Å²) in [7, 11) is 0. The van der Waals surface area contributed by atoms with E-state index in [0.717, 1.165) is 26.2 Å². The molecule has 0 spiro atoms. The van der Waals surface area contributed by atoms with Crippen LogP contribution in [0, 0.1) is 0 Å². The van der Waals surface area contributed by atoms with E-state index in [1.165, 1.54) is 15.6 Å². The van der Waals surface area contributed by atoms with Crippen molar-refractivity contribution in [3.8, 4) is 0 Å². The number of likely N-dealkylation sites (N-methyl/N-ethyl adjacent to an activating group) is 1. The van der Waals surface area contributed by atoms with Crippen molar-refractivity contribution in [1.29, 1.82) is 0 Å². The lowest BCUT2D eigenvalue weighted by molar-refractivity contribution is 0.271. The molecule has 1 N–H and O–H groups in total. The predicted molar refractivity (Wildman–Crippen MR) is 85.9 cm³/mol. The summed E-state index contributed by atoms with van der Waals surface area (Å²) in [5.41, 5.74) is 1.42. The second-order valence-corrected chi connectivity index (χ2v) is 5.94. The number of nitrogens with one attached hydrogen (secondary N) is 1. The van der Waals surface area contributed by atoms with Crippen LogP contribution >= 0.6 is 11.3 Å². The zero-order chi connectivity index (χ0) is 13.7. The van der Waals surface area contributed by atoms with Gasteiger partial charge in [0, 0.05) is 23.8 Å². The summed E-state index contributed by atoms with van der Waals surface area (Å²) in [6.45, 7) is 11.1. The topological polar surface area (TPSA) is 15.3 Å². The highest BCUT2D eigenvalue weighted by Crippen LogP contribution is 2.25. The van der Waals surface area contributed by atoms with E-state index in [9.17, 15) is 0 Å². The largest absolute Gasteiger partial charge is 0.309 e. The van der Waals surface area contributed by atoms with Crippen LogP contribution in [0.25, 0.3) is 10.1 Å². The van der Waals surface area contributed by atoms with Crippen molar-refractivity contribution >= 4 is 21.4 Å². The molecule has 0 aliphatic carbocycles. The van der Waals surface area contributed by atoms with Gasteiger partial charge in [0.2, 0.25) is 0 Å². The van der Waals surface area contributed by atoms with Crippen LogP contribution in [0.2, 0.25) is 0 Å². The van der Waals surface area contributed by atoms with Gasteiger partial charge >= 0.3 is 0 Å². The molecule has 19 heavy (non-hydrogen) atoms. The summed E-state index contributed by atoms with van der Waals surface area (Å²) in [5.74, 6) is 0. The molecular weight excluding hydrogens is 252 g/mol. The Hall–Kier alpha value is -0.900. The molecule has 1 aromatic carbocycles. The van der Waals surface area contributed by atoms with Gasteiger partial charge in [0.1, 0.15) is 0 Å². The first-order valence-corrected chi connectivity index (χ1v) is 8.03. The van der Waals surface area contributed by atoms with Crippen LogP contribution in [-0.2, 0) is 6.54 Å². The Morgan fingerprint density at radius 1 is 1.21 bits per heavy atom. The zero-order valence-corrected chi connectivity index (χ0v) is 13.0. The van der Waals surface area contributed by atoms with Gasteiger partial charge in [-0.05, 0) is 42.4 Å². The third-order valence-electron chi connectivity index (χ3n) is 3.63. The van der Waals surface area contributed by atoms with Crippen molar-refractivity contribution in [2.45, 2.75) is 33.4 Å². The molecule has 1 atom stereocenters. The van der Waals surface area contributed by atoms with Crippen molar-refractivity contribution in [3.63, 3.8) is 0 Å². The molecule has 2 nitrogen and oxygen atoms in total. The first kappa shape index (κ1) is 14.5. The molecule has 0 radical (unpaired) electrons. The standard InChI is InChI=1S/C16H24N2S/c1-4-18(5-2)11-13(3)17-10-14-12-19-16-9-7-6-8-15(14)16/h6-9,12-13,17H,4-5,10-11H2,1-3H3. The highest BCUT2D eigenvalue weighted by molar-refractivity contribution is 7.17. The van der Waals surface area contributed by atoms with Crippen LogP contribution in [0.4, 0.5) is 0 Å². The van der Waals surface area contributed by atoms with Crippen LogP contribution in [0.5, 0.6) is 0 Å². The van der Waals surface area contributed by atoms with E-state index in [1.807, 2.05) is 11.3 Å². The molecule has 2 aromatic rings. The summed E-state index contributed by atoms with van der Waals surface area (Å²) in [6.07, 6.45) is 0. The summed E-state index contributed by atoms with van der Waals surface area (Å²) in [6, 6.07) is 9.18. The minimum atomic E-state index is 0.526. The van der Waals surface area contributed by atoms with Crippen molar-refractivity contribution in [2.24, 2.45) is 0 Å². The Labute approximate surface area is 120 Å². The van der Waals surface area contributed by atoms with Crippen molar-refractivity contribution < 1.29 is 0 Å². The first-order valence-electron chi connectivity index (χ1n) is 7.15. The second kappa shape index (κ2) is 7.04. The maximum Gasteiger partial charge on any atom is 0.0346 e. The summed E-state index contributed by atoms with van der Waals surface area (Å²) in [4.78, 5) is 2.46. The van der Waals surface area contributed by atoms with Gasteiger partial charge in [-0.15, -0.1) is 11.3 Å². The van der Waals surface area contributed by atoms with Crippen molar-refractivity contribution in [2.75, 3.05) is 19.6 Å². The van der Waals surface area contributed by atoms with E-state index in [0.29, 0.717) is 6.04 Å². The first-order chi connectivity index (χ1) is 9.24. The maximum absolute atomic E-state index is 3.64. The van der Waals surface area contributed by atoms with E-state index in [2.05, 4.69) is 60.6 Å². The fourth-order valence-electron chi connectivity index (χ4n) is 2.39. The third-order valence-corrected chi connectivity index (χ3v) is 4.64. The molecule has 104 valence electrons. The third kappa shape index (κ3) is 3.78. The number of hydrogen-bond donors (Lipinski definition) is 1. The van der Waals surface area contributed by atoms with Crippen LogP contribution in [0.3, 0.4) is 0 Å². The molecule has 0 aliphatic heterocycles. The second-order valence-electron chi connectivity index (χ2n) is 5.02. The van der Waals surface area contributed by atoms with Gasteiger partial charge in [-0.2, -0.15) is 0 Å². The lowest BCUT2D eigenvalue weighted by atomic mass is 10.1. The highest BCUT2D eigenvalue weighted by Gasteiger charge is 2.08. The smallest absolute Gasteiger partial charge is 0.0346 e. The molecule has 0 amide bonds. The quantitative estimate of drug-likeness (QED) is 0.829. The SMILES string of the molecule is CCN(CC)CC(C)NCc1csc2ccccc12. The number of rotatable bonds is 7. The molecule has 1 aromatic heterocycles. The van der Waals surface area contributed by atoms with Gasteiger partial charge in [-0.25, -0.2) is 0 Å². The highest BCUT2D eigenvalue weighted by atomic mass is 32.1. The molecule has 2 rings (SSSR count). The number of nitrogens with zero attached hydrogens (tertiary/aromatic N) is 1. The molecule has 1 heterocycles. The van der Waals surface area contributed by atoms with Gasteiger partial charge in [0.05, 0.1) is 0 Å². The van der Waals surface area contributed by atoms with Gasteiger partial charge < -0.3 is 10.2 Å². The van der Waals surface area contributed by atoms with Crippen LogP contribution in [0.15, 0.2) is 29.6 Å². The number of thiophene rings is 1. The lowest BCUT2D eigenvalue weighted by Crippen LogP contribution is -2.38. The van der Waals surface area contributed by atoms with Crippen LogP contribution in [-0.4, -0.2) is 30.6 Å². The summed E-state index contributed by atoms with van der Waals surface area (Å²) in [5, 5.41) is 7.32. The summed E-state index contributed by atoms with van der Waals surface area (Å²) >= 11 is 1.84. The number of benzene rings is 1. The van der Waals surface area contributed by atoms with Crippen LogP contribution in [0.1, 0.15) is 26.3 Å². The Morgan fingerprint density at radius 3 is 2.68 bits per heavy atom. The fraction of sp³-hybridized carbons (Fsp3) is 0.500. The molecule has 0 bridgehead atoms. The monoisotopic (exact) mass is 276 g/mol. The fourth-order valence-corrected chi connectivity index (χ4v) is 3.35. The maximum atomic E-state index is 3.64. The van der Waals surface area contributed by atoms with E-state index in [1.54, 1.807) is 0 Å². The number of fused-ring (bicyclic) bond motifs is 1. The van der Waals surface area contributed by atoms with E-state index >= 15 is 0 Å². The minimum Gasteiger partial charge on any atom is -0.309 e. The van der Waals surface area contributed by atoms with Crippen LogP contribution < -0.4 is 5.32 Å². The molecule has 0 saturated heterocycles. The van der Waals surface area contributed by atoms with Gasteiger partial charge in [-0.1, -0.05) is 32.0 Å². The lowest BCUT2D eigenvalue weighted by Gasteiger charge is -2.23. The van der Waals surface area contributed by atoms with Gasteiger partial charge in [-0.3, -0.25) is 0 Å². The molecule has 1 unspecified atom stereocenters. The Morgan fingerprint density at radius 2 is 1.95 bits per heavy atom. The molecule has 3 heteroatoms. The predicted octanol–water partition coefficient (Wildman–Crippen LogP) is 3.72. The van der Waals surface area contributed by atoms with Gasteiger partial charge in [0.15, 0.2) is 0 Å².